The minimum atomic E-state index is -0.208. The molecule has 20 heavy (non-hydrogen) atoms. The third-order valence-corrected chi connectivity index (χ3v) is 3.72. The molecule has 0 bridgehead atoms. The van der Waals surface area contributed by atoms with Gasteiger partial charge in [0.05, 0.1) is 0 Å². The predicted molar refractivity (Wildman–Crippen MR) is 78.9 cm³/mol. The number of aryl methyl sites for hydroxylation is 1. The van der Waals surface area contributed by atoms with Crippen molar-refractivity contribution in [3.63, 3.8) is 0 Å². The fourth-order valence-corrected chi connectivity index (χ4v) is 2.46. The van der Waals surface area contributed by atoms with Crippen LogP contribution in [-0.2, 0) is 6.54 Å². The minimum Gasteiger partial charge on any atom is -0.383 e. The Bertz CT molecular complexity index is 669. The van der Waals surface area contributed by atoms with E-state index in [2.05, 4.69) is 6.58 Å². The smallest absolute Gasteiger partial charge is 0.132 e. The first-order valence-electron chi connectivity index (χ1n) is 6.85. The van der Waals surface area contributed by atoms with Crippen LogP contribution in [0.15, 0.2) is 30.9 Å². The fraction of sp³-hybridized carbons (Fsp3) is 0.312. The van der Waals surface area contributed by atoms with Crippen molar-refractivity contribution in [2.24, 2.45) is 0 Å². The van der Waals surface area contributed by atoms with Crippen LogP contribution in [0.3, 0.4) is 0 Å². The number of halogens is 1. The lowest BCUT2D eigenvalue weighted by atomic mass is 10.1. The number of allylic oxidation sites excluding steroid dienone is 1. The molecule has 0 unspecified atom stereocenters. The summed E-state index contributed by atoms with van der Waals surface area (Å²) in [5.41, 5.74) is 8.45. The van der Waals surface area contributed by atoms with Gasteiger partial charge in [0, 0.05) is 18.0 Å². The van der Waals surface area contributed by atoms with E-state index in [-0.39, 0.29) is 5.82 Å². The quantitative estimate of drug-likeness (QED) is 0.863. The summed E-state index contributed by atoms with van der Waals surface area (Å²) in [5, 5.41) is 0. The van der Waals surface area contributed by atoms with E-state index in [4.69, 9.17) is 10.7 Å². The average molecular weight is 271 g/mol. The van der Waals surface area contributed by atoms with Crippen molar-refractivity contribution in [2.45, 2.75) is 32.2 Å². The zero-order chi connectivity index (χ0) is 14.3. The third-order valence-electron chi connectivity index (χ3n) is 3.72. The minimum absolute atomic E-state index is 0.208. The van der Waals surface area contributed by atoms with Crippen LogP contribution in [-0.4, -0.2) is 9.55 Å². The van der Waals surface area contributed by atoms with Crippen LogP contribution in [0.5, 0.6) is 0 Å². The summed E-state index contributed by atoms with van der Waals surface area (Å²) in [5.74, 6) is 1.96. The van der Waals surface area contributed by atoms with E-state index in [9.17, 15) is 4.39 Å². The number of anilines is 1. The van der Waals surface area contributed by atoms with Gasteiger partial charge >= 0.3 is 0 Å². The molecule has 0 aliphatic heterocycles. The summed E-state index contributed by atoms with van der Waals surface area (Å²) in [7, 11) is 0. The van der Waals surface area contributed by atoms with Gasteiger partial charge < -0.3 is 10.3 Å². The molecule has 0 saturated heterocycles. The van der Waals surface area contributed by atoms with Crippen LogP contribution >= 0.6 is 0 Å². The van der Waals surface area contributed by atoms with E-state index in [1.165, 1.54) is 6.07 Å². The zero-order valence-electron chi connectivity index (χ0n) is 11.6. The third kappa shape index (κ3) is 2.11. The molecule has 3 rings (SSSR count). The number of nitrogens with zero attached hydrogens (tertiary/aromatic N) is 2. The van der Waals surface area contributed by atoms with Crippen molar-refractivity contribution < 1.29 is 4.39 Å². The predicted octanol–water partition coefficient (Wildman–Crippen LogP) is 3.64. The molecule has 0 amide bonds. The van der Waals surface area contributed by atoms with Crippen molar-refractivity contribution in [2.75, 3.05) is 5.73 Å². The van der Waals surface area contributed by atoms with E-state index in [1.54, 1.807) is 19.1 Å². The van der Waals surface area contributed by atoms with Crippen molar-refractivity contribution in [3.8, 4) is 11.3 Å². The summed E-state index contributed by atoms with van der Waals surface area (Å²) in [6.07, 6.45) is 4.15. The number of benzene rings is 1. The van der Waals surface area contributed by atoms with Gasteiger partial charge in [0.15, 0.2) is 0 Å². The number of rotatable bonds is 4. The zero-order valence-corrected chi connectivity index (χ0v) is 11.6. The summed E-state index contributed by atoms with van der Waals surface area (Å²) in [4.78, 5) is 4.70. The maximum Gasteiger partial charge on any atom is 0.132 e. The molecule has 1 aliphatic rings. The number of imidazole rings is 1. The Labute approximate surface area is 117 Å². The first-order valence-corrected chi connectivity index (χ1v) is 6.85. The normalized spacial score (nSPS) is 14.5. The highest BCUT2D eigenvalue weighted by Gasteiger charge is 2.30. The highest BCUT2D eigenvalue weighted by molar-refractivity contribution is 5.71. The Morgan fingerprint density at radius 2 is 2.25 bits per heavy atom. The topological polar surface area (TPSA) is 43.8 Å². The number of hydrogen-bond donors (Lipinski definition) is 1. The Morgan fingerprint density at radius 3 is 2.85 bits per heavy atom. The lowest BCUT2D eigenvalue weighted by molar-refractivity contribution is 0.619. The Hall–Kier alpha value is -2.10. The van der Waals surface area contributed by atoms with Crippen molar-refractivity contribution >= 4 is 5.82 Å². The molecule has 0 atom stereocenters. The second kappa shape index (κ2) is 4.78. The SMILES string of the molecule is C=CCn1c(C2CC2)nc(-c2ccc(F)c(C)c2)c1N. The van der Waals surface area contributed by atoms with Crippen LogP contribution < -0.4 is 5.73 Å². The van der Waals surface area contributed by atoms with Gasteiger partial charge in [-0.25, -0.2) is 9.37 Å². The summed E-state index contributed by atoms with van der Waals surface area (Å²) in [6.45, 7) is 6.18. The second-order valence-corrected chi connectivity index (χ2v) is 5.34. The molecule has 0 spiro atoms. The highest BCUT2D eigenvalue weighted by atomic mass is 19.1. The lowest BCUT2D eigenvalue weighted by Crippen LogP contribution is -2.05. The Kier molecular flexibility index (Phi) is 3.08. The highest BCUT2D eigenvalue weighted by Crippen LogP contribution is 2.42. The lowest BCUT2D eigenvalue weighted by Gasteiger charge is -2.06. The summed E-state index contributed by atoms with van der Waals surface area (Å²) < 4.78 is 15.4. The molecule has 4 heteroatoms. The molecule has 1 aromatic carbocycles. The Morgan fingerprint density at radius 1 is 1.50 bits per heavy atom. The number of nitrogen functional groups attached to an aromatic ring is 1. The van der Waals surface area contributed by atoms with Crippen molar-refractivity contribution in [1.82, 2.24) is 9.55 Å². The second-order valence-electron chi connectivity index (χ2n) is 5.34. The van der Waals surface area contributed by atoms with Crippen molar-refractivity contribution in [1.29, 1.82) is 0 Å². The summed E-state index contributed by atoms with van der Waals surface area (Å²) >= 11 is 0. The van der Waals surface area contributed by atoms with Gasteiger partial charge in [-0.2, -0.15) is 0 Å². The van der Waals surface area contributed by atoms with E-state index in [1.807, 2.05) is 10.6 Å². The average Bonchev–Trinajstić information content (AvgIpc) is 3.21. The molecule has 0 radical (unpaired) electrons. The standard InChI is InChI=1S/C16H18FN3/c1-3-8-20-15(18)14(19-16(20)11-4-5-11)12-6-7-13(17)10(2)9-12/h3,6-7,9,11H,1,4-5,8,18H2,2H3. The van der Waals surface area contributed by atoms with E-state index in [0.29, 0.717) is 23.8 Å². The van der Waals surface area contributed by atoms with Gasteiger partial charge in [-0.05, 0) is 43.5 Å². The molecule has 1 fully saturated rings. The molecule has 1 heterocycles. The first-order chi connectivity index (χ1) is 9.61. The van der Waals surface area contributed by atoms with Gasteiger partial charge in [-0.15, -0.1) is 6.58 Å². The van der Waals surface area contributed by atoms with E-state index < -0.39 is 0 Å². The number of hydrogen-bond acceptors (Lipinski definition) is 2. The van der Waals surface area contributed by atoms with Gasteiger partial charge in [0.25, 0.3) is 0 Å². The first kappa shape index (κ1) is 12.9. The molecule has 2 aromatic rings. The fourth-order valence-electron chi connectivity index (χ4n) is 2.46. The molecule has 104 valence electrons. The molecule has 1 saturated carbocycles. The largest absolute Gasteiger partial charge is 0.383 e. The molecule has 2 N–H and O–H groups in total. The molecular weight excluding hydrogens is 253 g/mol. The van der Waals surface area contributed by atoms with Gasteiger partial charge in [0.1, 0.15) is 23.2 Å². The van der Waals surface area contributed by atoms with Gasteiger partial charge in [-0.3, -0.25) is 0 Å². The molecule has 1 aliphatic carbocycles. The van der Waals surface area contributed by atoms with Crippen LogP contribution in [0.4, 0.5) is 10.2 Å². The Balaban J connectivity index is 2.10. The van der Waals surface area contributed by atoms with E-state index >= 15 is 0 Å². The maximum absolute atomic E-state index is 13.4. The van der Waals surface area contributed by atoms with Crippen LogP contribution in [0.2, 0.25) is 0 Å². The van der Waals surface area contributed by atoms with Crippen molar-refractivity contribution in [3.05, 3.63) is 48.1 Å². The van der Waals surface area contributed by atoms with Gasteiger partial charge in [0.2, 0.25) is 0 Å². The molecule has 3 nitrogen and oxygen atoms in total. The van der Waals surface area contributed by atoms with E-state index in [0.717, 1.165) is 29.9 Å². The number of nitrogens with two attached hydrogens (primary N) is 1. The van der Waals surface area contributed by atoms with Crippen LogP contribution in [0.25, 0.3) is 11.3 Å². The van der Waals surface area contributed by atoms with Gasteiger partial charge in [-0.1, -0.05) is 6.08 Å². The summed E-state index contributed by atoms with van der Waals surface area (Å²) in [6, 6.07) is 4.99. The molecule has 1 aromatic heterocycles. The monoisotopic (exact) mass is 271 g/mol. The number of aromatic nitrogens is 2. The van der Waals surface area contributed by atoms with Crippen LogP contribution in [0, 0.1) is 12.7 Å². The van der Waals surface area contributed by atoms with Crippen LogP contribution in [0.1, 0.15) is 30.1 Å². The maximum atomic E-state index is 13.4. The molecular formula is C16H18FN3.